The molecule has 5 rings (SSSR count). The van der Waals surface area contributed by atoms with E-state index in [4.69, 9.17) is 0 Å². The predicted molar refractivity (Wildman–Crippen MR) is 112 cm³/mol. The molecule has 162 valence electrons. The summed E-state index contributed by atoms with van der Waals surface area (Å²) in [7, 11) is 0. The van der Waals surface area contributed by atoms with Crippen LogP contribution in [0.1, 0.15) is 36.1 Å². The van der Waals surface area contributed by atoms with Crippen molar-refractivity contribution in [1.82, 2.24) is 34.5 Å². The Kier molecular flexibility index (Phi) is 4.75. The van der Waals surface area contributed by atoms with E-state index in [0.717, 1.165) is 49.0 Å². The van der Waals surface area contributed by atoms with Crippen LogP contribution in [0.5, 0.6) is 0 Å². The molecule has 0 spiro atoms. The van der Waals surface area contributed by atoms with Crippen molar-refractivity contribution in [2.45, 2.75) is 64.7 Å². The van der Waals surface area contributed by atoms with Crippen molar-refractivity contribution in [3.05, 3.63) is 45.5 Å². The lowest BCUT2D eigenvalue weighted by molar-refractivity contribution is -0.384. The van der Waals surface area contributed by atoms with Gasteiger partial charge in [0.1, 0.15) is 29.1 Å². The summed E-state index contributed by atoms with van der Waals surface area (Å²) in [4.78, 5) is 24.6. The first kappa shape index (κ1) is 19.4. The Morgan fingerprint density at radius 3 is 2.10 bits per heavy atom. The second-order valence-electron chi connectivity index (χ2n) is 8.10. The molecule has 0 bridgehead atoms. The van der Waals surface area contributed by atoms with Crippen LogP contribution in [-0.4, -0.2) is 51.5 Å². The zero-order chi connectivity index (χ0) is 21.5. The summed E-state index contributed by atoms with van der Waals surface area (Å²) in [6.45, 7) is 5.04. The van der Waals surface area contributed by atoms with E-state index in [0.29, 0.717) is 18.9 Å². The minimum absolute atomic E-state index is 0.00888. The summed E-state index contributed by atoms with van der Waals surface area (Å²) in [6.07, 6.45) is 3.31. The lowest BCUT2D eigenvalue weighted by Gasteiger charge is -2.25. The maximum absolute atomic E-state index is 11.6. The number of aryl methyl sites for hydroxylation is 4. The molecule has 2 aliphatic rings. The van der Waals surface area contributed by atoms with E-state index in [-0.39, 0.29) is 23.6 Å². The molecular formula is C19H24N10O2. The normalized spacial score (nSPS) is 20.1. The zero-order valence-electron chi connectivity index (χ0n) is 17.4. The Morgan fingerprint density at radius 2 is 1.52 bits per heavy atom. The van der Waals surface area contributed by atoms with Gasteiger partial charge < -0.3 is 10.6 Å². The molecule has 0 saturated heterocycles. The van der Waals surface area contributed by atoms with Gasteiger partial charge in [-0.3, -0.25) is 10.1 Å². The summed E-state index contributed by atoms with van der Waals surface area (Å²) in [5.74, 6) is 4.33. The number of rotatable bonds is 5. The number of nitrogens with zero attached hydrogens (tertiary/aromatic N) is 8. The van der Waals surface area contributed by atoms with Gasteiger partial charge in [-0.25, -0.2) is 24.3 Å². The van der Waals surface area contributed by atoms with Gasteiger partial charge in [0.05, 0.1) is 18.0 Å². The molecule has 0 fully saturated rings. The first-order chi connectivity index (χ1) is 14.9. The van der Waals surface area contributed by atoms with Gasteiger partial charge in [0, 0.05) is 31.0 Å². The molecule has 0 aliphatic carbocycles. The van der Waals surface area contributed by atoms with Gasteiger partial charge >= 0.3 is 5.69 Å². The van der Waals surface area contributed by atoms with Gasteiger partial charge in [-0.2, -0.15) is 10.2 Å². The highest BCUT2D eigenvalue weighted by atomic mass is 16.6. The first-order valence-electron chi connectivity index (χ1n) is 10.4. The molecule has 31 heavy (non-hydrogen) atoms. The Hall–Kier alpha value is -3.57. The van der Waals surface area contributed by atoms with Crippen molar-refractivity contribution in [3.8, 4) is 0 Å². The van der Waals surface area contributed by atoms with E-state index in [1.54, 1.807) is 6.07 Å². The van der Waals surface area contributed by atoms with Gasteiger partial charge in [-0.05, 0) is 32.8 Å². The molecule has 0 saturated carbocycles. The number of nitrogens with one attached hydrogen (secondary N) is 2. The van der Waals surface area contributed by atoms with Gasteiger partial charge in [0.25, 0.3) is 0 Å². The fourth-order valence-electron chi connectivity index (χ4n) is 4.29. The van der Waals surface area contributed by atoms with Crippen LogP contribution >= 0.6 is 0 Å². The van der Waals surface area contributed by atoms with Crippen molar-refractivity contribution in [1.29, 1.82) is 0 Å². The van der Waals surface area contributed by atoms with Crippen molar-refractivity contribution in [2.75, 3.05) is 10.6 Å². The largest absolute Gasteiger partial charge is 0.365 e. The zero-order valence-corrected chi connectivity index (χ0v) is 17.4. The summed E-state index contributed by atoms with van der Waals surface area (Å²) < 4.78 is 3.78. The second-order valence-corrected chi connectivity index (χ2v) is 8.10. The van der Waals surface area contributed by atoms with E-state index in [9.17, 15) is 10.1 Å². The molecule has 2 unspecified atom stereocenters. The molecule has 2 atom stereocenters. The standard InChI is InChI=1S/C19H24N10O2/c1-11-20-17-7-3-13(9-27(17)25-11)22-16-6-5-15(29(30)31)19(24-16)23-14-4-8-18-21-12(2)26-28(18)10-14/h5-6,13-14H,3-4,7-10H2,1-2H3,(H2,22,23,24). The Labute approximate surface area is 178 Å². The minimum atomic E-state index is -0.405. The van der Waals surface area contributed by atoms with Gasteiger partial charge in [-0.1, -0.05) is 0 Å². The second kappa shape index (κ2) is 7.60. The average molecular weight is 424 g/mol. The van der Waals surface area contributed by atoms with E-state index in [2.05, 4.69) is 35.8 Å². The van der Waals surface area contributed by atoms with Crippen LogP contribution in [0.3, 0.4) is 0 Å². The van der Waals surface area contributed by atoms with Crippen LogP contribution in [0.15, 0.2) is 12.1 Å². The van der Waals surface area contributed by atoms with Crippen molar-refractivity contribution in [2.24, 2.45) is 0 Å². The van der Waals surface area contributed by atoms with Crippen LogP contribution in [0, 0.1) is 24.0 Å². The van der Waals surface area contributed by atoms with Gasteiger partial charge in [0.15, 0.2) is 0 Å². The fourth-order valence-corrected chi connectivity index (χ4v) is 4.29. The third-order valence-electron chi connectivity index (χ3n) is 5.69. The molecule has 2 N–H and O–H groups in total. The molecule has 12 heteroatoms. The van der Waals surface area contributed by atoms with E-state index in [1.165, 1.54) is 6.07 Å². The Bertz CT molecular complexity index is 1140. The SMILES string of the molecule is Cc1nc2n(n1)CC(Nc1ccc([N+](=O)[O-])c(NC3CCc4nc(C)nn4C3)n1)CC2. The third-order valence-corrected chi connectivity index (χ3v) is 5.69. The van der Waals surface area contributed by atoms with Crippen LogP contribution in [0.4, 0.5) is 17.3 Å². The number of anilines is 2. The summed E-state index contributed by atoms with van der Waals surface area (Å²) in [5, 5.41) is 27.1. The number of aromatic nitrogens is 7. The molecule has 2 aliphatic heterocycles. The van der Waals surface area contributed by atoms with E-state index >= 15 is 0 Å². The molecule has 0 amide bonds. The lowest BCUT2D eigenvalue weighted by Crippen LogP contribution is -2.33. The summed E-state index contributed by atoms with van der Waals surface area (Å²) in [5.41, 5.74) is -0.0380. The minimum Gasteiger partial charge on any atom is -0.365 e. The quantitative estimate of drug-likeness (QED) is 0.462. The van der Waals surface area contributed by atoms with Crippen LogP contribution in [0.2, 0.25) is 0 Å². The predicted octanol–water partition coefficient (Wildman–Crippen LogP) is 1.64. The van der Waals surface area contributed by atoms with Crippen LogP contribution in [-0.2, 0) is 25.9 Å². The number of fused-ring (bicyclic) bond motifs is 2. The van der Waals surface area contributed by atoms with Crippen LogP contribution in [0.25, 0.3) is 0 Å². The maximum Gasteiger partial charge on any atom is 0.311 e. The Morgan fingerprint density at radius 1 is 0.935 bits per heavy atom. The number of hydrogen-bond donors (Lipinski definition) is 2. The molecular weight excluding hydrogens is 400 g/mol. The molecule has 0 radical (unpaired) electrons. The molecule has 0 aromatic carbocycles. The monoisotopic (exact) mass is 424 g/mol. The molecule has 3 aromatic heterocycles. The smallest absolute Gasteiger partial charge is 0.311 e. The maximum atomic E-state index is 11.6. The van der Waals surface area contributed by atoms with E-state index in [1.807, 2.05) is 23.2 Å². The number of pyridine rings is 1. The van der Waals surface area contributed by atoms with Crippen molar-refractivity contribution in [3.63, 3.8) is 0 Å². The highest BCUT2D eigenvalue weighted by Crippen LogP contribution is 2.27. The Balaban J connectivity index is 1.32. The van der Waals surface area contributed by atoms with E-state index < -0.39 is 4.92 Å². The van der Waals surface area contributed by atoms with Crippen molar-refractivity contribution >= 4 is 17.3 Å². The number of nitro groups is 1. The number of hydrogen-bond acceptors (Lipinski definition) is 9. The summed E-state index contributed by atoms with van der Waals surface area (Å²) >= 11 is 0. The molecule has 5 heterocycles. The fraction of sp³-hybridized carbons (Fsp3) is 0.526. The lowest BCUT2D eigenvalue weighted by atomic mass is 10.1. The topological polar surface area (TPSA) is 142 Å². The third kappa shape index (κ3) is 3.92. The van der Waals surface area contributed by atoms with Gasteiger partial charge in [-0.15, -0.1) is 0 Å². The van der Waals surface area contributed by atoms with Crippen molar-refractivity contribution < 1.29 is 4.92 Å². The summed E-state index contributed by atoms with van der Waals surface area (Å²) in [6, 6.07) is 3.28. The average Bonchev–Trinajstić information content (AvgIpc) is 3.27. The first-order valence-corrected chi connectivity index (χ1v) is 10.4. The molecule has 12 nitrogen and oxygen atoms in total. The highest BCUT2D eigenvalue weighted by Gasteiger charge is 2.26. The van der Waals surface area contributed by atoms with Gasteiger partial charge in [0.2, 0.25) is 5.82 Å². The highest BCUT2D eigenvalue weighted by molar-refractivity contribution is 5.60. The molecule has 3 aromatic rings. The van der Waals surface area contributed by atoms with Crippen LogP contribution < -0.4 is 10.6 Å².